The predicted octanol–water partition coefficient (Wildman–Crippen LogP) is 5.38. The molecule has 5 rings (SSSR count). The van der Waals surface area contributed by atoms with E-state index in [0.717, 1.165) is 6.42 Å². The molecule has 3 aromatic rings. The molecule has 0 heterocycles. The van der Waals surface area contributed by atoms with Crippen LogP contribution in [0, 0.1) is 0 Å². The van der Waals surface area contributed by atoms with Gasteiger partial charge in [0, 0.05) is 5.92 Å². The molecule has 25 heavy (non-hydrogen) atoms. The third-order valence-corrected chi connectivity index (χ3v) is 7.19. The summed E-state index contributed by atoms with van der Waals surface area (Å²) in [5, 5.41) is 1.60. The second-order valence-electron chi connectivity index (χ2n) is 7.35. The van der Waals surface area contributed by atoms with Crippen LogP contribution in [0.15, 0.2) is 66.7 Å². The molecular formula is C24H21Si. The van der Waals surface area contributed by atoms with Gasteiger partial charge in [-0.05, 0) is 45.4 Å². The molecule has 3 aromatic carbocycles. The van der Waals surface area contributed by atoms with Gasteiger partial charge in [-0.1, -0.05) is 91.1 Å². The van der Waals surface area contributed by atoms with E-state index in [2.05, 4.69) is 85.9 Å². The summed E-state index contributed by atoms with van der Waals surface area (Å²) in [6.07, 6.45) is 5.80. The van der Waals surface area contributed by atoms with E-state index in [1.165, 1.54) is 27.8 Å². The van der Waals surface area contributed by atoms with Crippen molar-refractivity contribution in [1.82, 2.24) is 0 Å². The number of benzene rings is 3. The highest BCUT2D eigenvalue weighted by Crippen LogP contribution is 2.43. The van der Waals surface area contributed by atoms with E-state index in [1.807, 2.05) is 0 Å². The largest absolute Gasteiger partial charge is 0.0795 e. The first-order valence-corrected chi connectivity index (χ1v) is 11.6. The summed E-state index contributed by atoms with van der Waals surface area (Å²) in [7, 11) is -0.521. The van der Waals surface area contributed by atoms with Crippen LogP contribution in [0.3, 0.4) is 0 Å². The molecular weight excluding hydrogens is 316 g/mol. The number of fused-ring (bicyclic) bond motifs is 4. The Bertz CT molecular complexity index is 1010. The maximum absolute atomic E-state index is 2.42. The fourth-order valence-corrected chi connectivity index (χ4v) is 5.79. The van der Waals surface area contributed by atoms with E-state index in [9.17, 15) is 0 Å². The highest BCUT2D eigenvalue weighted by atomic mass is 28.3. The first kappa shape index (κ1) is 14.9. The minimum absolute atomic E-state index is 0.412. The van der Waals surface area contributed by atoms with E-state index < -0.39 is 8.80 Å². The Morgan fingerprint density at radius 2 is 1.64 bits per heavy atom. The van der Waals surface area contributed by atoms with Gasteiger partial charge in [0.15, 0.2) is 0 Å². The number of hydrogen-bond donors (Lipinski definition) is 0. The maximum atomic E-state index is 2.42. The summed E-state index contributed by atoms with van der Waals surface area (Å²) >= 11 is 0. The van der Waals surface area contributed by atoms with Crippen LogP contribution in [-0.4, -0.2) is 8.80 Å². The van der Waals surface area contributed by atoms with Crippen LogP contribution >= 0.6 is 0 Å². The fraction of sp³-hybridized carbons (Fsp3) is 0.167. The van der Waals surface area contributed by atoms with E-state index in [1.54, 1.807) is 16.3 Å². The van der Waals surface area contributed by atoms with Gasteiger partial charge in [-0.2, -0.15) is 0 Å². The molecule has 2 aliphatic carbocycles. The third-order valence-electron chi connectivity index (χ3n) is 5.68. The Kier molecular flexibility index (Phi) is 3.32. The van der Waals surface area contributed by atoms with Gasteiger partial charge in [0.1, 0.15) is 0 Å². The van der Waals surface area contributed by atoms with E-state index >= 15 is 0 Å². The van der Waals surface area contributed by atoms with Crippen molar-refractivity contribution in [1.29, 1.82) is 0 Å². The van der Waals surface area contributed by atoms with Gasteiger partial charge in [0.05, 0.1) is 8.80 Å². The van der Waals surface area contributed by atoms with Crippen molar-refractivity contribution in [2.24, 2.45) is 0 Å². The van der Waals surface area contributed by atoms with Gasteiger partial charge >= 0.3 is 0 Å². The van der Waals surface area contributed by atoms with Gasteiger partial charge in [-0.3, -0.25) is 0 Å². The van der Waals surface area contributed by atoms with Crippen LogP contribution < -0.4 is 5.19 Å². The van der Waals surface area contributed by atoms with Crippen molar-refractivity contribution in [2.75, 3.05) is 0 Å². The van der Waals surface area contributed by atoms with Gasteiger partial charge in [-0.25, -0.2) is 0 Å². The normalized spacial score (nSPS) is 16.8. The van der Waals surface area contributed by atoms with Crippen molar-refractivity contribution in [3.63, 3.8) is 0 Å². The minimum Gasteiger partial charge on any atom is -0.0720 e. The zero-order chi connectivity index (χ0) is 17.0. The van der Waals surface area contributed by atoms with Crippen LogP contribution in [0.5, 0.6) is 0 Å². The molecule has 0 nitrogen and oxygen atoms in total. The summed E-state index contributed by atoms with van der Waals surface area (Å²) in [4.78, 5) is 0. The summed E-state index contributed by atoms with van der Waals surface area (Å²) in [6.45, 7) is 4.84. The van der Waals surface area contributed by atoms with Gasteiger partial charge in [-0.15, -0.1) is 0 Å². The average molecular weight is 338 g/mol. The monoisotopic (exact) mass is 337 g/mol. The molecule has 0 amide bonds. The molecule has 121 valence electrons. The Labute approximate surface area is 151 Å². The number of hydrogen-bond acceptors (Lipinski definition) is 0. The molecule has 1 radical (unpaired) electrons. The lowest BCUT2D eigenvalue weighted by molar-refractivity contribution is 1.02. The van der Waals surface area contributed by atoms with Crippen LogP contribution in [0.4, 0.5) is 0 Å². The quantitative estimate of drug-likeness (QED) is 0.431. The lowest BCUT2D eigenvalue weighted by atomic mass is 9.87. The zero-order valence-electron chi connectivity index (χ0n) is 14.7. The Morgan fingerprint density at radius 3 is 2.52 bits per heavy atom. The van der Waals surface area contributed by atoms with E-state index in [-0.39, 0.29) is 0 Å². The average Bonchev–Trinajstić information content (AvgIpc) is 3.22. The fourth-order valence-electron chi connectivity index (χ4n) is 4.53. The van der Waals surface area contributed by atoms with E-state index in [4.69, 9.17) is 0 Å². The van der Waals surface area contributed by atoms with Crippen LogP contribution in [0.2, 0.25) is 13.1 Å². The molecule has 1 atom stereocenters. The summed E-state index contributed by atoms with van der Waals surface area (Å²) < 4.78 is 0. The molecule has 0 saturated heterocycles. The lowest BCUT2D eigenvalue weighted by Gasteiger charge is -2.22. The number of allylic oxidation sites excluding steroid dienone is 1. The summed E-state index contributed by atoms with van der Waals surface area (Å²) in [6, 6.07) is 22.6. The smallest absolute Gasteiger partial charge is 0.0720 e. The van der Waals surface area contributed by atoms with Crippen molar-refractivity contribution in [2.45, 2.75) is 25.4 Å². The Balaban J connectivity index is 1.76. The van der Waals surface area contributed by atoms with Crippen LogP contribution in [-0.2, 0) is 6.42 Å². The topological polar surface area (TPSA) is 0 Å². The van der Waals surface area contributed by atoms with E-state index in [0.29, 0.717) is 5.92 Å². The summed E-state index contributed by atoms with van der Waals surface area (Å²) in [5.41, 5.74) is 10.4. The highest BCUT2D eigenvalue weighted by Gasteiger charge is 2.29. The van der Waals surface area contributed by atoms with Gasteiger partial charge in [0.25, 0.3) is 0 Å². The second-order valence-corrected chi connectivity index (χ2v) is 9.89. The molecule has 0 N–H and O–H groups in total. The van der Waals surface area contributed by atoms with Crippen molar-refractivity contribution >= 4 is 20.1 Å². The molecule has 0 aliphatic heterocycles. The van der Waals surface area contributed by atoms with Crippen molar-refractivity contribution < 1.29 is 0 Å². The maximum Gasteiger partial charge on any atom is 0.0795 e. The third kappa shape index (κ3) is 2.19. The zero-order valence-corrected chi connectivity index (χ0v) is 15.7. The standard InChI is InChI=1S/C24H21Si/c1-25(2)23-14-13-20-19-10-6-4-8-17(19)15-22(20)24(23)21-12-11-16-7-3-5-9-18(16)21/h3-14,21H,15H2,1-2H3. The van der Waals surface area contributed by atoms with Crippen LogP contribution in [0.1, 0.15) is 33.7 Å². The molecule has 0 bridgehead atoms. The SMILES string of the molecule is C[Si](C)c1ccc2c(c1C1C=Cc3ccccc31)Cc1ccccc1-2. The molecule has 1 heteroatoms. The lowest BCUT2D eigenvalue weighted by Crippen LogP contribution is -2.29. The van der Waals surface area contributed by atoms with Crippen molar-refractivity contribution in [3.05, 3.63) is 94.6 Å². The Hall–Kier alpha value is -2.38. The van der Waals surface area contributed by atoms with Gasteiger partial charge < -0.3 is 0 Å². The summed E-state index contributed by atoms with van der Waals surface area (Å²) in [5.74, 6) is 0.412. The van der Waals surface area contributed by atoms with Crippen molar-refractivity contribution in [3.8, 4) is 11.1 Å². The van der Waals surface area contributed by atoms with Crippen LogP contribution in [0.25, 0.3) is 17.2 Å². The minimum atomic E-state index is -0.521. The first-order chi connectivity index (χ1) is 12.2. The molecule has 1 unspecified atom stereocenters. The van der Waals surface area contributed by atoms with Gasteiger partial charge in [0.2, 0.25) is 0 Å². The first-order valence-electron chi connectivity index (χ1n) is 9.06. The molecule has 0 saturated carbocycles. The molecule has 2 aliphatic rings. The molecule has 0 spiro atoms. The number of rotatable bonds is 2. The molecule has 0 fully saturated rings. The Morgan fingerprint density at radius 1 is 0.840 bits per heavy atom. The predicted molar refractivity (Wildman–Crippen MR) is 109 cm³/mol. The second kappa shape index (κ2) is 5.57. The highest BCUT2D eigenvalue weighted by molar-refractivity contribution is 6.71. The molecule has 0 aromatic heterocycles.